The minimum Gasteiger partial charge on any atom is -0.868 e. The summed E-state index contributed by atoms with van der Waals surface area (Å²) in [5, 5.41) is 29.6. The van der Waals surface area contributed by atoms with Crippen LogP contribution >= 0.6 is 0 Å². The number of phenolic OH excluding ortho intramolecular Hbond substituents is 1. The SMILES string of the molecule is CN(C)c1cc[nH+]cc1.O=[N+]([O-])c1c([O-])cccc1O. The highest BCUT2D eigenvalue weighted by molar-refractivity contribution is 5.54. The van der Waals surface area contributed by atoms with Crippen molar-refractivity contribution in [2.45, 2.75) is 0 Å². The van der Waals surface area contributed by atoms with E-state index in [0.29, 0.717) is 0 Å². The fourth-order valence-corrected chi connectivity index (χ4v) is 1.37. The van der Waals surface area contributed by atoms with Crippen LogP contribution in [0, 0.1) is 10.1 Å². The van der Waals surface area contributed by atoms with E-state index < -0.39 is 22.1 Å². The summed E-state index contributed by atoms with van der Waals surface area (Å²) >= 11 is 0. The third kappa shape index (κ3) is 4.13. The van der Waals surface area contributed by atoms with E-state index in [0.717, 1.165) is 12.1 Å². The molecular weight excluding hydrogens is 262 g/mol. The predicted octanol–water partition coefficient (Wildman–Crippen LogP) is 0.941. The molecule has 0 spiro atoms. The lowest BCUT2D eigenvalue weighted by molar-refractivity contribution is -0.399. The Morgan fingerprint density at radius 3 is 2.15 bits per heavy atom. The molecule has 1 aromatic carbocycles. The second-order valence-corrected chi connectivity index (χ2v) is 4.03. The van der Waals surface area contributed by atoms with E-state index in [1.165, 1.54) is 11.8 Å². The number of hydrogen-bond acceptors (Lipinski definition) is 5. The number of nitrogens with zero attached hydrogens (tertiary/aromatic N) is 2. The number of pyridine rings is 1. The Hall–Kier alpha value is -2.83. The Labute approximate surface area is 115 Å². The van der Waals surface area contributed by atoms with Gasteiger partial charge in [0.25, 0.3) is 0 Å². The number of H-pyrrole nitrogens is 1. The maximum Gasteiger partial charge on any atom is 0.302 e. The normalized spacial score (nSPS) is 9.30. The second-order valence-electron chi connectivity index (χ2n) is 4.03. The number of para-hydroxylation sites is 1. The van der Waals surface area contributed by atoms with Crippen molar-refractivity contribution in [3.63, 3.8) is 0 Å². The van der Waals surface area contributed by atoms with Crippen LogP contribution in [0.15, 0.2) is 42.7 Å². The number of aromatic nitrogens is 1. The lowest BCUT2D eigenvalue weighted by Gasteiger charge is -2.08. The van der Waals surface area contributed by atoms with E-state index >= 15 is 0 Å². The molecule has 1 aromatic heterocycles. The molecule has 7 nitrogen and oxygen atoms in total. The molecule has 0 bridgehead atoms. The quantitative estimate of drug-likeness (QED) is 0.649. The van der Waals surface area contributed by atoms with Gasteiger partial charge in [0.1, 0.15) is 0 Å². The molecule has 0 aliphatic carbocycles. The highest BCUT2D eigenvalue weighted by Gasteiger charge is 2.11. The van der Waals surface area contributed by atoms with Crippen molar-refractivity contribution in [1.82, 2.24) is 0 Å². The van der Waals surface area contributed by atoms with Crippen molar-refractivity contribution >= 4 is 11.4 Å². The zero-order valence-electron chi connectivity index (χ0n) is 11.1. The Balaban J connectivity index is 0.000000204. The summed E-state index contributed by atoms with van der Waals surface area (Å²) in [7, 11) is 4.05. The molecule has 2 aromatic rings. The van der Waals surface area contributed by atoms with Crippen LogP contribution in [-0.2, 0) is 0 Å². The first-order valence-electron chi connectivity index (χ1n) is 5.70. The third-order valence-electron chi connectivity index (χ3n) is 2.38. The smallest absolute Gasteiger partial charge is 0.302 e. The molecule has 0 aliphatic heterocycles. The molecule has 2 N–H and O–H groups in total. The second kappa shape index (κ2) is 6.93. The molecule has 2 rings (SSSR count). The van der Waals surface area contributed by atoms with E-state index in [2.05, 4.69) is 9.88 Å². The molecule has 106 valence electrons. The van der Waals surface area contributed by atoms with Gasteiger partial charge < -0.3 is 15.1 Å². The number of aromatic hydroxyl groups is 1. The Bertz CT molecular complexity index is 553. The predicted molar refractivity (Wildman–Crippen MR) is 71.5 cm³/mol. The van der Waals surface area contributed by atoms with Gasteiger partial charge >= 0.3 is 5.69 Å². The number of nitro benzene ring substituents is 1. The monoisotopic (exact) mass is 277 g/mol. The van der Waals surface area contributed by atoms with Crippen molar-refractivity contribution in [3.8, 4) is 11.5 Å². The molecule has 0 unspecified atom stereocenters. The fraction of sp³-hybridized carbons (Fsp3) is 0.154. The van der Waals surface area contributed by atoms with Gasteiger partial charge in [0.2, 0.25) is 0 Å². The van der Waals surface area contributed by atoms with E-state index in [4.69, 9.17) is 5.11 Å². The van der Waals surface area contributed by atoms with Crippen LogP contribution in [0.25, 0.3) is 0 Å². The number of anilines is 1. The van der Waals surface area contributed by atoms with Gasteiger partial charge in [-0.1, -0.05) is 12.1 Å². The molecule has 0 amide bonds. The van der Waals surface area contributed by atoms with E-state index in [9.17, 15) is 15.2 Å². The lowest BCUT2D eigenvalue weighted by atomic mass is 10.3. The summed E-state index contributed by atoms with van der Waals surface area (Å²) in [6.45, 7) is 0. The molecule has 0 aliphatic rings. The van der Waals surface area contributed by atoms with Crippen LogP contribution in [0.4, 0.5) is 11.4 Å². The lowest BCUT2D eigenvalue weighted by Crippen LogP contribution is -2.10. The van der Waals surface area contributed by atoms with Gasteiger partial charge in [0, 0.05) is 31.9 Å². The zero-order valence-corrected chi connectivity index (χ0v) is 11.1. The van der Waals surface area contributed by atoms with Gasteiger partial charge in [-0.05, 0) is 11.8 Å². The maximum atomic E-state index is 10.7. The Morgan fingerprint density at radius 2 is 1.80 bits per heavy atom. The average molecular weight is 277 g/mol. The zero-order chi connectivity index (χ0) is 15.1. The van der Waals surface area contributed by atoms with Crippen LogP contribution in [0.5, 0.6) is 11.5 Å². The maximum absolute atomic E-state index is 10.7. The molecule has 0 saturated heterocycles. The van der Waals surface area contributed by atoms with Gasteiger partial charge in [-0.25, -0.2) is 4.98 Å². The fourth-order valence-electron chi connectivity index (χ4n) is 1.37. The number of hydrogen-bond donors (Lipinski definition) is 1. The number of nitro groups is 1. The van der Waals surface area contributed by atoms with Crippen LogP contribution in [0.2, 0.25) is 0 Å². The van der Waals surface area contributed by atoms with Gasteiger partial charge in [-0.3, -0.25) is 10.1 Å². The summed E-state index contributed by atoms with van der Waals surface area (Å²) < 4.78 is 0. The van der Waals surface area contributed by atoms with Crippen molar-refractivity contribution in [2.24, 2.45) is 0 Å². The summed E-state index contributed by atoms with van der Waals surface area (Å²) in [4.78, 5) is 14.2. The first-order chi connectivity index (χ1) is 9.43. The van der Waals surface area contributed by atoms with E-state index in [1.807, 2.05) is 38.6 Å². The molecule has 20 heavy (non-hydrogen) atoms. The minimum atomic E-state index is -0.905. The van der Waals surface area contributed by atoms with Crippen LogP contribution in [0.3, 0.4) is 0 Å². The highest BCUT2D eigenvalue weighted by Crippen LogP contribution is 2.31. The van der Waals surface area contributed by atoms with Crippen molar-refractivity contribution in [2.75, 3.05) is 19.0 Å². The van der Waals surface area contributed by atoms with Gasteiger partial charge in [-0.15, -0.1) is 0 Å². The number of phenols is 1. The van der Waals surface area contributed by atoms with E-state index in [-0.39, 0.29) is 0 Å². The summed E-state index contributed by atoms with van der Waals surface area (Å²) in [5.74, 6) is -1.38. The van der Waals surface area contributed by atoms with Crippen molar-refractivity contribution < 1.29 is 20.1 Å². The Kier molecular flexibility index (Phi) is 5.28. The van der Waals surface area contributed by atoms with Gasteiger partial charge in [0.15, 0.2) is 18.1 Å². The van der Waals surface area contributed by atoms with Crippen LogP contribution in [0.1, 0.15) is 0 Å². The molecule has 0 atom stereocenters. The highest BCUT2D eigenvalue weighted by atomic mass is 16.6. The molecule has 7 heteroatoms. The standard InChI is InChI=1S/C7H10N2.C6H5NO4/c1-9(2)7-3-5-8-6-4-7;8-4-2-1-3-5(9)6(4)7(10)11/h3-6H,1-2H3;1-3,8-9H. The largest absolute Gasteiger partial charge is 0.868 e. The summed E-state index contributed by atoms with van der Waals surface area (Å²) in [5.41, 5.74) is 0.446. The number of nitrogens with one attached hydrogen (secondary N) is 1. The van der Waals surface area contributed by atoms with Crippen LogP contribution in [-0.4, -0.2) is 24.1 Å². The summed E-state index contributed by atoms with van der Waals surface area (Å²) in [6.07, 6.45) is 3.82. The van der Waals surface area contributed by atoms with Gasteiger partial charge in [-0.2, -0.15) is 0 Å². The number of benzene rings is 1. The first-order valence-corrected chi connectivity index (χ1v) is 5.70. The Morgan fingerprint density at radius 1 is 1.20 bits per heavy atom. The topological polar surface area (TPSA) is 104 Å². The average Bonchev–Trinajstić information content (AvgIpc) is 2.40. The molecule has 1 heterocycles. The van der Waals surface area contributed by atoms with Gasteiger partial charge in [0.05, 0.1) is 4.92 Å². The molecule has 0 saturated carbocycles. The third-order valence-corrected chi connectivity index (χ3v) is 2.38. The van der Waals surface area contributed by atoms with Crippen molar-refractivity contribution in [3.05, 3.63) is 52.8 Å². The molecule has 0 radical (unpaired) electrons. The minimum absolute atomic E-state index is 0.595. The van der Waals surface area contributed by atoms with Crippen LogP contribution < -0.4 is 15.0 Å². The first kappa shape index (κ1) is 15.2. The molecular formula is C13H15N3O4. The van der Waals surface area contributed by atoms with E-state index in [1.54, 1.807) is 0 Å². The number of aromatic amines is 1. The summed E-state index contributed by atoms with van der Waals surface area (Å²) in [6, 6.07) is 7.43. The van der Waals surface area contributed by atoms with Crippen molar-refractivity contribution in [1.29, 1.82) is 0 Å². The number of rotatable bonds is 2. The molecule has 0 fully saturated rings.